The lowest BCUT2D eigenvalue weighted by atomic mass is 10.0. The molecule has 0 radical (unpaired) electrons. The minimum absolute atomic E-state index is 0.0679. The molecule has 0 spiro atoms. The predicted octanol–water partition coefficient (Wildman–Crippen LogP) is 1.32. The van der Waals surface area contributed by atoms with Gasteiger partial charge in [0.15, 0.2) is 0 Å². The number of nitrogens with two attached hydrogens (primary N) is 1. The van der Waals surface area contributed by atoms with Crippen molar-refractivity contribution >= 4 is 10.0 Å². The van der Waals surface area contributed by atoms with E-state index in [0.717, 1.165) is 12.1 Å². The number of hydrogen-bond donors (Lipinski definition) is 1. The molecule has 0 amide bonds. The Morgan fingerprint density at radius 1 is 1.42 bits per heavy atom. The molecule has 1 heterocycles. The number of nitrogens with zero attached hydrogens (tertiary/aromatic N) is 1. The summed E-state index contributed by atoms with van der Waals surface area (Å²) in [6, 6.07) is 2.36. The monoisotopic (exact) mass is 290 g/mol. The Hall–Kier alpha value is -1.05. The van der Waals surface area contributed by atoms with E-state index >= 15 is 0 Å². The van der Waals surface area contributed by atoms with Gasteiger partial charge in [-0.2, -0.15) is 4.31 Å². The smallest absolute Gasteiger partial charge is 0.245 e. The average Bonchev–Trinajstić information content (AvgIpc) is 2.78. The van der Waals surface area contributed by atoms with Crippen molar-refractivity contribution in [3.8, 4) is 0 Å². The number of halogens is 2. The van der Waals surface area contributed by atoms with E-state index < -0.39 is 26.6 Å². The van der Waals surface area contributed by atoms with Crippen LogP contribution in [0.25, 0.3) is 0 Å². The summed E-state index contributed by atoms with van der Waals surface area (Å²) in [5.41, 5.74) is 5.75. The van der Waals surface area contributed by atoms with Crippen molar-refractivity contribution in [3.63, 3.8) is 0 Å². The van der Waals surface area contributed by atoms with Gasteiger partial charge in [-0.05, 0) is 31.4 Å². The van der Waals surface area contributed by atoms with Crippen LogP contribution in [0.4, 0.5) is 8.78 Å². The van der Waals surface area contributed by atoms with Gasteiger partial charge in [0, 0.05) is 25.2 Å². The van der Waals surface area contributed by atoms with Gasteiger partial charge in [-0.3, -0.25) is 0 Å². The molecule has 1 saturated heterocycles. The number of rotatable bonds is 3. The molecular weight excluding hydrogens is 274 g/mol. The van der Waals surface area contributed by atoms with E-state index in [1.807, 2.05) is 6.92 Å². The Morgan fingerprint density at radius 2 is 2.11 bits per heavy atom. The topological polar surface area (TPSA) is 63.4 Å². The summed E-state index contributed by atoms with van der Waals surface area (Å²) in [6.45, 7) is 2.40. The summed E-state index contributed by atoms with van der Waals surface area (Å²) in [7, 11) is -3.92. The van der Waals surface area contributed by atoms with Crippen molar-refractivity contribution in [1.82, 2.24) is 4.31 Å². The van der Waals surface area contributed by atoms with E-state index in [-0.39, 0.29) is 18.5 Å². The lowest BCUT2D eigenvalue weighted by Crippen LogP contribution is -2.33. The number of benzene rings is 1. The summed E-state index contributed by atoms with van der Waals surface area (Å²) in [6.07, 6.45) is 0.652. The zero-order valence-electron chi connectivity index (χ0n) is 10.5. The summed E-state index contributed by atoms with van der Waals surface area (Å²) in [5, 5.41) is 0. The molecule has 1 aromatic rings. The fraction of sp³-hybridized carbons (Fsp3) is 0.500. The first kappa shape index (κ1) is 14.4. The Bertz CT molecular complexity index is 575. The Labute approximate surface area is 111 Å². The van der Waals surface area contributed by atoms with Crippen LogP contribution in [0.3, 0.4) is 0 Å². The molecule has 2 rings (SSSR count). The molecule has 2 atom stereocenters. The van der Waals surface area contributed by atoms with Crippen LogP contribution in [-0.2, 0) is 10.0 Å². The van der Waals surface area contributed by atoms with Crippen LogP contribution < -0.4 is 5.73 Å². The summed E-state index contributed by atoms with van der Waals surface area (Å²) < 4.78 is 52.1. The van der Waals surface area contributed by atoms with E-state index in [2.05, 4.69) is 0 Å². The number of hydrogen-bond acceptors (Lipinski definition) is 3. The Morgan fingerprint density at radius 3 is 2.63 bits per heavy atom. The molecule has 4 nitrogen and oxygen atoms in total. The molecular formula is C12H16F2N2O2S. The van der Waals surface area contributed by atoms with Gasteiger partial charge >= 0.3 is 0 Å². The highest BCUT2D eigenvalue weighted by Crippen LogP contribution is 2.27. The maximum absolute atomic E-state index is 13.6. The fourth-order valence-corrected chi connectivity index (χ4v) is 3.78. The van der Waals surface area contributed by atoms with E-state index in [1.165, 1.54) is 4.31 Å². The second-order valence-corrected chi connectivity index (χ2v) is 6.75. The molecule has 2 N–H and O–H groups in total. The highest BCUT2D eigenvalue weighted by atomic mass is 32.2. The first-order chi connectivity index (χ1) is 8.82. The van der Waals surface area contributed by atoms with Crippen molar-refractivity contribution in [3.05, 3.63) is 29.8 Å². The quantitative estimate of drug-likeness (QED) is 0.913. The molecule has 0 bridgehead atoms. The van der Waals surface area contributed by atoms with Crippen LogP contribution in [-0.4, -0.2) is 31.9 Å². The second-order valence-electron chi connectivity index (χ2n) is 4.85. The molecule has 106 valence electrons. The van der Waals surface area contributed by atoms with Gasteiger partial charge < -0.3 is 5.73 Å². The molecule has 0 aliphatic carbocycles. The van der Waals surface area contributed by atoms with Crippen LogP contribution in [0.15, 0.2) is 23.1 Å². The highest BCUT2D eigenvalue weighted by molar-refractivity contribution is 7.89. The van der Waals surface area contributed by atoms with Crippen LogP contribution in [0, 0.1) is 17.6 Å². The van der Waals surface area contributed by atoms with E-state index in [9.17, 15) is 17.2 Å². The second kappa shape index (κ2) is 5.15. The van der Waals surface area contributed by atoms with Crippen molar-refractivity contribution in [2.24, 2.45) is 11.7 Å². The molecule has 1 aliphatic heterocycles. The third-order valence-corrected chi connectivity index (χ3v) is 5.34. The van der Waals surface area contributed by atoms with Gasteiger partial charge in [0.2, 0.25) is 10.0 Å². The van der Waals surface area contributed by atoms with E-state index in [0.29, 0.717) is 19.0 Å². The minimum atomic E-state index is -3.92. The number of sulfonamides is 1. The fourth-order valence-electron chi connectivity index (χ4n) is 2.22. The SMILES string of the molecule is CC(N)C1CCN(S(=O)(=O)c2ccc(F)cc2F)C1. The zero-order valence-corrected chi connectivity index (χ0v) is 11.3. The van der Waals surface area contributed by atoms with Gasteiger partial charge in [0.1, 0.15) is 16.5 Å². The summed E-state index contributed by atoms with van der Waals surface area (Å²) in [4.78, 5) is -0.487. The van der Waals surface area contributed by atoms with Crippen LogP contribution in [0.1, 0.15) is 13.3 Å². The molecule has 1 fully saturated rings. The van der Waals surface area contributed by atoms with Gasteiger partial charge in [-0.15, -0.1) is 0 Å². The molecule has 0 saturated carbocycles. The largest absolute Gasteiger partial charge is 0.328 e. The highest BCUT2D eigenvalue weighted by Gasteiger charge is 2.35. The molecule has 2 unspecified atom stereocenters. The first-order valence-corrected chi connectivity index (χ1v) is 7.47. The van der Waals surface area contributed by atoms with Gasteiger partial charge in [0.05, 0.1) is 0 Å². The zero-order chi connectivity index (χ0) is 14.2. The normalized spacial score (nSPS) is 22.6. The van der Waals surface area contributed by atoms with Crippen molar-refractivity contribution in [2.45, 2.75) is 24.3 Å². The average molecular weight is 290 g/mol. The third kappa shape index (κ3) is 2.77. The molecule has 0 aromatic heterocycles. The first-order valence-electron chi connectivity index (χ1n) is 6.03. The molecule has 1 aliphatic rings. The third-order valence-electron chi connectivity index (χ3n) is 3.44. The van der Waals surface area contributed by atoms with Gasteiger partial charge in [-0.25, -0.2) is 17.2 Å². The van der Waals surface area contributed by atoms with Crippen LogP contribution in [0.5, 0.6) is 0 Å². The molecule has 19 heavy (non-hydrogen) atoms. The van der Waals surface area contributed by atoms with E-state index in [4.69, 9.17) is 5.73 Å². The maximum Gasteiger partial charge on any atom is 0.245 e. The van der Waals surface area contributed by atoms with E-state index in [1.54, 1.807) is 0 Å². The van der Waals surface area contributed by atoms with Crippen molar-refractivity contribution in [2.75, 3.05) is 13.1 Å². The molecule has 1 aromatic carbocycles. The van der Waals surface area contributed by atoms with Gasteiger partial charge in [0.25, 0.3) is 0 Å². The van der Waals surface area contributed by atoms with Crippen molar-refractivity contribution < 1.29 is 17.2 Å². The summed E-state index contributed by atoms with van der Waals surface area (Å²) in [5.74, 6) is -1.80. The maximum atomic E-state index is 13.6. The van der Waals surface area contributed by atoms with Crippen LogP contribution >= 0.6 is 0 Å². The predicted molar refractivity (Wildman–Crippen MR) is 66.9 cm³/mol. The lowest BCUT2D eigenvalue weighted by molar-refractivity contribution is 0.426. The standard InChI is InChI=1S/C12H16F2N2O2S/c1-8(15)9-4-5-16(7-9)19(17,18)12-3-2-10(13)6-11(12)14/h2-3,6,8-9H,4-5,7,15H2,1H3. The Balaban J connectivity index is 2.29. The Kier molecular flexibility index (Phi) is 3.89. The summed E-state index contributed by atoms with van der Waals surface area (Å²) >= 11 is 0. The van der Waals surface area contributed by atoms with Gasteiger partial charge in [-0.1, -0.05) is 0 Å². The minimum Gasteiger partial charge on any atom is -0.328 e. The van der Waals surface area contributed by atoms with Crippen LogP contribution in [0.2, 0.25) is 0 Å². The molecule has 7 heteroatoms. The van der Waals surface area contributed by atoms with Crippen molar-refractivity contribution in [1.29, 1.82) is 0 Å². The lowest BCUT2D eigenvalue weighted by Gasteiger charge is -2.18.